The molecule has 0 bridgehead atoms. The third-order valence-corrected chi connectivity index (χ3v) is 3.63. The van der Waals surface area contributed by atoms with Crippen molar-refractivity contribution in [2.24, 2.45) is 11.7 Å². The highest BCUT2D eigenvalue weighted by molar-refractivity contribution is 7.80. The number of rotatable bonds is 6. The van der Waals surface area contributed by atoms with E-state index in [1.807, 2.05) is 0 Å². The number of nitrogens with two attached hydrogens (primary N) is 1. The second kappa shape index (κ2) is 6.68. The van der Waals surface area contributed by atoms with Gasteiger partial charge in [0.15, 0.2) is 0 Å². The van der Waals surface area contributed by atoms with E-state index in [0.717, 1.165) is 19.3 Å². The summed E-state index contributed by atoms with van der Waals surface area (Å²) in [5.41, 5.74) is 5.19. The van der Waals surface area contributed by atoms with Gasteiger partial charge in [0.1, 0.15) is 5.92 Å². The molecule has 106 valence electrons. The molecule has 0 saturated carbocycles. The zero-order chi connectivity index (χ0) is 13.8. The summed E-state index contributed by atoms with van der Waals surface area (Å²) < 4.78 is 38.3. The van der Waals surface area contributed by atoms with Crippen molar-refractivity contribution in [3.8, 4) is 0 Å². The zero-order valence-corrected chi connectivity index (χ0v) is 10.9. The molecule has 1 rings (SSSR count). The highest BCUT2D eigenvalue weighted by atomic mass is 32.1. The van der Waals surface area contributed by atoms with Crippen LogP contribution in [0.5, 0.6) is 0 Å². The van der Waals surface area contributed by atoms with Gasteiger partial charge in [-0.1, -0.05) is 12.2 Å². The van der Waals surface area contributed by atoms with Crippen LogP contribution in [0.3, 0.4) is 0 Å². The highest BCUT2D eigenvalue weighted by Gasteiger charge is 2.43. The molecule has 0 aromatic heterocycles. The molecule has 3 nitrogen and oxygen atoms in total. The molecule has 1 fully saturated rings. The van der Waals surface area contributed by atoms with E-state index in [9.17, 15) is 13.2 Å². The lowest BCUT2D eigenvalue weighted by Gasteiger charge is -2.29. The van der Waals surface area contributed by atoms with Crippen molar-refractivity contribution < 1.29 is 18.3 Å². The Balaban J connectivity index is 2.60. The average molecular weight is 284 g/mol. The van der Waals surface area contributed by atoms with Gasteiger partial charge in [0.25, 0.3) is 0 Å². The van der Waals surface area contributed by atoms with Gasteiger partial charge in [-0.2, -0.15) is 13.2 Å². The number of halogens is 3. The lowest BCUT2D eigenvalue weighted by atomic mass is 10.1. The molecule has 1 saturated heterocycles. The molecular formula is C11H19F3N2OS. The van der Waals surface area contributed by atoms with Crippen LogP contribution in [0.1, 0.15) is 25.7 Å². The van der Waals surface area contributed by atoms with Crippen LogP contribution < -0.4 is 5.73 Å². The van der Waals surface area contributed by atoms with Crippen LogP contribution in [-0.4, -0.2) is 46.9 Å². The van der Waals surface area contributed by atoms with E-state index in [4.69, 9.17) is 10.8 Å². The Morgan fingerprint density at radius 1 is 1.50 bits per heavy atom. The van der Waals surface area contributed by atoms with Crippen molar-refractivity contribution in [1.29, 1.82) is 0 Å². The molecule has 0 aromatic carbocycles. The van der Waals surface area contributed by atoms with Crippen molar-refractivity contribution in [2.75, 3.05) is 19.7 Å². The van der Waals surface area contributed by atoms with Crippen LogP contribution in [0, 0.1) is 5.92 Å². The Kier molecular flexibility index (Phi) is 5.81. The quantitative estimate of drug-likeness (QED) is 0.729. The minimum Gasteiger partial charge on any atom is -0.396 e. The fraction of sp³-hybridized carbons (Fsp3) is 0.909. The van der Waals surface area contributed by atoms with Gasteiger partial charge in [-0.15, -0.1) is 0 Å². The number of aliphatic hydroxyl groups is 1. The predicted molar refractivity (Wildman–Crippen MR) is 67.2 cm³/mol. The van der Waals surface area contributed by atoms with Crippen molar-refractivity contribution in [2.45, 2.75) is 37.9 Å². The van der Waals surface area contributed by atoms with Gasteiger partial charge in [0, 0.05) is 19.2 Å². The first-order chi connectivity index (χ1) is 8.36. The first-order valence-electron chi connectivity index (χ1n) is 6.07. The summed E-state index contributed by atoms with van der Waals surface area (Å²) in [5.74, 6) is -1.73. The fourth-order valence-corrected chi connectivity index (χ4v) is 2.59. The van der Waals surface area contributed by atoms with Gasteiger partial charge in [0.05, 0.1) is 4.99 Å². The third-order valence-electron chi connectivity index (χ3n) is 3.35. The second-order valence-electron chi connectivity index (χ2n) is 4.65. The molecule has 0 aromatic rings. The van der Waals surface area contributed by atoms with Crippen molar-refractivity contribution in [3.63, 3.8) is 0 Å². The molecule has 0 spiro atoms. The van der Waals surface area contributed by atoms with Gasteiger partial charge in [0.2, 0.25) is 0 Å². The van der Waals surface area contributed by atoms with Crippen molar-refractivity contribution in [3.05, 3.63) is 0 Å². The van der Waals surface area contributed by atoms with E-state index in [0.29, 0.717) is 13.0 Å². The number of hydrogen-bond donors (Lipinski definition) is 2. The highest BCUT2D eigenvalue weighted by Crippen LogP contribution is 2.30. The summed E-state index contributed by atoms with van der Waals surface area (Å²) in [5, 5.41) is 8.77. The van der Waals surface area contributed by atoms with Crippen LogP contribution in [0.4, 0.5) is 13.2 Å². The van der Waals surface area contributed by atoms with Gasteiger partial charge in [-0.25, -0.2) is 0 Å². The summed E-state index contributed by atoms with van der Waals surface area (Å²) in [6.07, 6.45) is -1.28. The lowest BCUT2D eigenvalue weighted by Crippen LogP contribution is -2.45. The van der Waals surface area contributed by atoms with Crippen molar-refractivity contribution in [1.82, 2.24) is 4.90 Å². The molecule has 2 unspecified atom stereocenters. The molecule has 1 aliphatic rings. The Bertz CT molecular complexity index is 286. The SMILES string of the molecule is NC(=S)C(CN1CCCC1CCCO)C(F)(F)F. The Labute approximate surface area is 110 Å². The fourth-order valence-electron chi connectivity index (χ4n) is 2.38. The molecule has 0 aliphatic carbocycles. The Morgan fingerprint density at radius 2 is 2.17 bits per heavy atom. The van der Waals surface area contributed by atoms with E-state index in [1.54, 1.807) is 4.90 Å². The first-order valence-corrected chi connectivity index (χ1v) is 6.48. The minimum atomic E-state index is -4.38. The van der Waals surface area contributed by atoms with Gasteiger partial charge in [-0.05, 0) is 32.2 Å². The molecule has 0 radical (unpaired) electrons. The van der Waals surface area contributed by atoms with Crippen LogP contribution in [0.15, 0.2) is 0 Å². The molecule has 2 atom stereocenters. The molecule has 18 heavy (non-hydrogen) atoms. The largest absolute Gasteiger partial charge is 0.399 e. The maximum atomic E-state index is 12.8. The number of alkyl halides is 3. The van der Waals surface area contributed by atoms with E-state index in [2.05, 4.69) is 12.2 Å². The van der Waals surface area contributed by atoms with Crippen molar-refractivity contribution >= 4 is 17.2 Å². The zero-order valence-electron chi connectivity index (χ0n) is 10.1. The maximum Gasteiger partial charge on any atom is 0.399 e. The molecule has 1 heterocycles. The second-order valence-corrected chi connectivity index (χ2v) is 5.12. The monoisotopic (exact) mass is 284 g/mol. The molecule has 7 heteroatoms. The van der Waals surface area contributed by atoms with E-state index in [1.165, 1.54) is 0 Å². The van der Waals surface area contributed by atoms with Gasteiger partial charge >= 0.3 is 6.18 Å². The van der Waals surface area contributed by atoms with Crippen LogP contribution in [-0.2, 0) is 0 Å². The first kappa shape index (κ1) is 15.7. The van der Waals surface area contributed by atoms with Gasteiger partial charge < -0.3 is 10.8 Å². The summed E-state index contributed by atoms with van der Waals surface area (Å²) in [4.78, 5) is 1.31. The lowest BCUT2D eigenvalue weighted by molar-refractivity contribution is -0.159. The normalized spacial score (nSPS) is 23.2. The van der Waals surface area contributed by atoms with E-state index in [-0.39, 0.29) is 19.2 Å². The maximum absolute atomic E-state index is 12.8. The number of likely N-dealkylation sites (tertiary alicyclic amines) is 1. The predicted octanol–water partition coefficient (Wildman–Crippen LogP) is 1.69. The average Bonchev–Trinajstić information content (AvgIpc) is 2.68. The molecular weight excluding hydrogens is 265 g/mol. The van der Waals surface area contributed by atoms with Crippen LogP contribution in [0.2, 0.25) is 0 Å². The summed E-state index contributed by atoms with van der Waals surface area (Å²) in [6, 6.07) is 0.108. The number of nitrogens with zero attached hydrogens (tertiary/aromatic N) is 1. The van der Waals surface area contributed by atoms with Crippen LogP contribution >= 0.6 is 12.2 Å². The number of hydrogen-bond acceptors (Lipinski definition) is 3. The molecule has 3 N–H and O–H groups in total. The summed E-state index contributed by atoms with van der Waals surface area (Å²) in [7, 11) is 0. The van der Waals surface area contributed by atoms with E-state index < -0.39 is 17.1 Å². The summed E-state index contributed by atoms with van der Waals surface area (Å²) in [6.45, 7) is 0.558. The van der Waals surface area contributed by atoms with Gasteiger partial charge in [-0.3, -0.25) is 4.90 Å². The third kappa shape index (κ3) is 4.37. The summed E-state index contributed by atoms with van der Waals surface area (Å²) >= 11 is 4.52. The molecule has 1 aliphatic heterocycles. The Morgan fingerprint density at radius 3 is 2.67 bits per heavy atom. The smallest absolute Gasteiger partial charge is 0.396 e. The Hall–Kier alpha value is -0.400. The topological polar surface area (TPSA) is 49.5 Å². The standard InChI is InChI=1S/C11H19F3N2OS/c12-11(13,14)9(10(15)18)7-16-5-1-3-8(16)4-2-6-17/h8-9,17H,1-7H2,(H2,15,18). The minimum absolute atomic E-state index is 0.0718. The van der Waals surface area contributed by atoms with Crippen LogP contribution in [0.25, 0.3) is 0 Å². The number of thiocarbonyl (C=S) groups is 1. The number of aliphatic hydroxyl groups excluding tert-OH is 1. The molecule has 0 amide bonds. The van der Waals surface area contributed by atoms with E-state index >= 15 is 0 Å².